The maximum atomic E-state index is 12.3. The molecule has 0 aliphatic heterocycles. The first-order chi connectivity index (χ1) is 9.63. The Kier molecular flexibility index (Phi) is 4.57. The summed E-state index contributed by atoms with van der Waals surface area (Å²) in [6.07, 6.45) is 1.28. The molecule has 2 rings (SSSR count). The summed E-state index contributed by atoms with van der Waals surface area (Å²) in [5.41, 5.74) is 4.44. The molecule has 0 spiro atoms. The van der Waals surface area contributed by atoms with Gasteiger partial charge in [0.15, 0.2) is 5.78 Å². The molecule has 0 bridgehead atoms. The average Bonchev–Trinajstić information content (AvgIpc) is 2.46. The van der Waals surface area contributed by atoms with Crippen molar-refractivity contribution < 1.29 is 9.53 Å². The zero-order valence-corrected chi connectivity index (χ0v) is 12.3. The predicted octanol–water partition coefficient (Wildman–Crippen LogP) is 4.13. The van der Waals surface area contributed by atoms with Crippen molar-refractivity contribution in [2.24, 2.45) is 0 Å². The lowest BCUT2D eigenvalue weighted by Crippen LogP contribution is -2.05. The van der Waals surface area contributed by atoms with Gasteiger partial charge in [-0.25, -0.2) is 0 Å². The van der Waals surface area contributed by atoms with Crippen molar-refractivity contribution in [1.29, 1.82) is 0 Å². The van der Waals surface area contributed by atoms with Crippen molar-refractivity contribution in [2.45, 2.75) is 26.7 Å². The molecule has 2 aromatic rings. The van der Waals surface area contributed by atoms with Crippen LogP contribution in [0.2, 0.25) is 0 Å². The number of ether oxygens (including phenoxy) is 1. The van der Waals surface area contributed by atoms with Gasteiger partial charge in [-0.15, -0.1) is 0 Å². The Balaban J connectivity index is 2.13. The van der Waals surface area contributed by atoms with Gasteiger partial charge in [-0.3, -0.25) is 4.79 Å². The summed E-state index contributed by atoms with van der Waals surface area (Å²) in [5, 5.41) is 0. The highest BCUT2D eigenvalue weighted by molar-refractivity contribution is 5.98. The van der Waals surface area contributed by atoms with Gasteiger partial charge in [-0.05, 0) is 49.1 Å². The van der Waals surface area contributed by atoms with E-state index < -0.39 is 0 Å². The predicted molar refractivity (Wildman–Crippen MR) is 81.6 cm³/mol. The van der Waals surface area contributed by atoms with Crippen molar-refractivity contribution in [3.8, 4) is 5.75 Å². The Bertz CT molecular complexity index is 594. The summed E-state index contributed by atoms with van der Waals surface area (Å²) >= 11 is 0. The smallest absolute Gasteiger partial charge is 0.166 e. The number of aryl methyl sites for hydroxylation is 2. The van der Waals surface area contributed by atoms with Crippen LogP contribution in [0.5, 0.6) is 5.75 Å². The van der Waals surface area contributed by atoms with Crippen LogP contribution in [0.1, 0.15) is 33.5 Å². The number of Topliss-reactive ketones (excluding diaryl/α,β-unsaturated/α-hetero) is 1. The summed E-state index contributed by atoms with van der Waals surface area (Å²) in [5.74, 6) is 0.782. The van der Waals surface area contributed by atoms with E-state index in [-0.39, 0.29) is 5.78 Å². The molecular formula is C18H20O2. The van der Waals surface area contributed by atoms with E-state index >= 15 is 0 Å². The summed E-state index contributed by atoms with van der Waals surface area (Å²) < 4.78 is 5.25. The Labute approximate surface area is 120 Å². The van der Waals surface area contributed by atoms with Crippen LogP contribution in [0, 0.1) is 13.8 Å². The fourth-order valence-corrected chi connectivity index (χ4v) is 2.49. The van der Waals surface area contributed by atoms with E-state index in [4.69, 9.17) is 4.74 Å². The van der Waals surface area contributed by atoms with Crippen LogP contribution >= 0.6 is 0 Å². The summed E-state index contributed by atoms with van der Waals surface area (Å²) in [6.45, 7) is 4.19. The molecule has 2 aromatic carbocycles. The first kappa shape index (κ1) is 14.3. The highest BCUT2D eigenvalue weighted by atomic mass is 16.5. The largest absolute Gasteiger partial charge is 0.496 e. The minimum atomic E-state index is 0.130. The molecular weight excluding hydrogens is 248 g/mol. The van der Waals surface area contributed by atoms with Crippen molar-refractivity contribution in [3.63, 3.8) is 0 Å². The molecule has 0 saturated carbocycles. The molecule has 0 N–H and O–H groups in total. The fourth-order valence-electron chi connectivity index (χ4n) is 2.49. The van der Waals surface area contributed by atoms with E-state index in [9.17, 15) is 4.79 Å². The number of hydrogen-bond donors (Lipinski definition) is 0. The molecule has 0 unspecified atom stereocenters. The SMILES string of the molecule is COc1ccccc1C(=O)CCc1c(C)cccc1C. The quantitative estimate of drug-likeness (QED) is 0.762. The second-order valence-corrected chi connectivity index (χ2v) is 4.99. The molecule has 0 fully saturated rings. The van der Waals surface area contributed by atoms with Gasteiger partial charge in [0.25, 0.3) is 0 Å². The number of carbonyl (C=O) groups is 1. The number of hydrogen-bond acceptors (Lipinski definition) is 2. The normalized spacial score (nSPS) is 10.3. The van der Waals surface area contributed by atoms with E-state index in [2.05, 4.69) is 32.0 Å². The third-order valence-electron chi connectivity index (χ3n) is 3.65. The second kappa shape index (κ2) is 6.38. The van der Waals surface area contributed by atoms with Crippen LogP contribution in [0.25, 0.3) is 0 Å². The monoisotopic (exact) mass is 268 g/mol. The molecule has 0 radical (unpaired) electrons. The molecule has 0 aliphatic carbocycles. The van der Waals surface area contributed by atoms with Crippen molar-refractivity contribution in [3.05, 3.63) is 64.7 Å². The van der Waals surface area contributed by atoms with E-state index in [0.717, 1.165) is 6.42 Å². The maximum Gasteiger partial charge on any atom is 0.166 e. The lowest BCUT2D eigenvalue weighted by Gasteiger charge is -2.10. The number of methoxy groups -OCH3 is 1. The van der Waals surface area contributed by atoms with Crippen LogP contribution in [0.15, 0.2) is 42.5 Å². The Hall–Kier alpha value is -2.09. The van der Waals surface area contributed by atoms with E-state index in [1.807, 2.05) is 24.3 Å². The van der Waals surface area contributed by atoms with Crippen LogP contribution in [0.4, 0.5) is 0 Å². The van der Waals surface area contributed by atoms with Gasteiger partial charge in [0.1, 0.15) is 5.75 Å². The topological polar surface area (TPSA) is 26.3 Å². The summed E-state index contributed by atoms with van der Waals surface area (Å²) in [7, 11) is 1.59. The summed E-state index contributed by atoms with van der Waals surface area (Å²) in [6, 6.07) is 13.6. The molecule has 0 amide bonds. The highest BCUT2D eigenvalue weighted by Gasteiger charge is 2.12. The minimum absolute atomic E-state index is 0.130. The number of ketones is 1. The molecule has 0 atom stereocenters. The van der Waals surface area contributed by atoms with Gasteiger partial charge in [0.05, 0.1) is 12.7 Å². The zero-order chi connectivity index (χ0) is 14.5. The standard InChI is InChI=1S/C18H20O2/c1-13-7-6-8-14(2)15(13)11-12-17(19)16-9-4-5-10-18(16)20-3/h4-10H,11-12H2,1-3H3. The molecule has 2 heteroatoms. The second-order valence-electron chi connectivity index (χ2n) is 4.99. The molecule has 0 saturated heterocycles. The first-order valence-electron chi connectivity index (χ1n) is 6.84. The van der Waals surface area contributed by atoms with Crippen LogP contribution < -0.4 is 4.74 Å². The fraction of sp³-hybridized carbons (Fsp3) is 0.278. The number of rotatable bonds is 5. The average molecular weight is 268 g/mol. The van der Waals surface area contributed by atoms with Crippen LogP contribution in [-0.2, 0) is 6.42 Å². The van der Waals surface area contributed by atoms with Gasteiger partial charge < -0.3 is 4.74 Å². The Morgan fingerprint density at radius 3 is 2.30 bits per heavy atom. The van der Waals surface area contributed by atoms with Crippen LogP contribution in [-0.4, -0.2) is 12.9 Å². The third-order valence-corrected chi connectivity index (χ3v) is 3.65. The number of para-hydroxylation sites is 1. The van der Waals surface area contributed by atoms with E-state index in [0.29, 0.717) is 17.7 Å². The lowest BCUT2D eigenvalue weighted by atomic mass is 9.96. The Morgan fingerprint density at radius 2 is 1.65 bits per heavy atom. The Morgan fingerprint density at radius 1 is 1.00 bits per heavy atom. The van der Waals surface area contributed by atoms with Crippen molar-refractivity contribution in [1.82, 2.24) is 0 Å². The zero-order valence-electron chi connectivity index (χ0n) is 12.3. The van der Waals surface area contributed by atoms with Crippen molar-refractivity contribution in [2.75, 3.05) is 7.11 Å². The molecule has 104 valence electrons. The molecule has 2 nitrogen and oxygen atoms in total. The van der Waals surface area contributed by atoms with Gasteiger partial charge in [0.2, 0.25) is 0 Å². The van der Waals surface area contributed by atoms with Crippen LogP contribution in [0.3, 0.4) is 0 Å². The third kappa shape index (κ3) is 3.08. The lowest BCUT2D eigenvalue weighted by molar-refractivity contribution is 0.0980. The minimum Gasteiger partial charge on any atom is -0.496 e. The van der Waals surface area contributed by atoms with Gasteiger partial charge in [0, 0.05) is 6.42 Å². The molecule has 0 aromatic heterocycles. The van der Waals surface area contributed by atoms with E-state index in [1.54, 1.807) is 7.11 Å². The molecule has 0 aliphatic rings. The van der Waals surface area contributed by atoms with E-state index in [1.165, 1.54) is 16.7 Å². The number of benzene rings is 2. The first-order valence-corrected chi connectivity index (χ1v) is 6.84. The summed E-state index contributed by atoms with van der Waals surface area (Å²) in [4.78, 5) is 12.3. The van der Waals surface area contributed by atoms with Gasteiger partial charge in [-0.1, -0.05) is 30.3 Å². The van der Waals surface area contributed by atoms with Crippen molar-refractivity contribution >= 4 is 5.78 Å². The molecule has 0 heterocycles. The van der Waals surface area contributed by atoms with Gasteiger partial charge in [-0.2, -0.15) is 0 Å². The number of carbonyl (C=O) groups excluding carboxylic acids is 1. The van der Waals surface area contributed by atoms with Gasteiger partial charge >= 0.3 is 0 Å². The molecule has 20 heavy (non-hydrogen) atoms. The maximum absolute atomic E-state index is 12.3. The highest BCUT2D eigenvalue weighted by Crippen LogP contribution is 2.21.